The minimum atomic E-state index is -4.70. The molecule has 0 aliphatic heterocycles. The van der Waals surface area contributed by atoms with Crippen LogP contribution in [0.15, 0.2) is 46.1 Å². The number of halogens is 4. The molecule has 11 heteroatoms. The maximum atomic E-state index is 12.6. The maximum Gasteiger partial charge on any atom is 0.435 e. The molecule has 24 heavy (non-hydrogen) atoms. The molecule has 0 bridgehead atoms. The average Bonchev–Trinajstić information content (AvgIpc) is 2.48. The number of benzene rings is 1. The van der Waals surface area contributed by atoms with Gasteiger partial charge in [-0.25, -0.2) is 17.8 Å². The Kier molecular flexibility index (Phi) is 5.31. The number of nitrogens with zero attached hydrogens (tertiary/aromatic N) is 2. The van der Waals surface area contributed by atoms with Gasteiger partial charge < -0.3 is 0 Å². The summed E-state index contributed by atoms with van der Waals surface area (Å²) in [5.74, 6) is 0. The summed E-state index contributed by atoms with van der Waals surface area (Å²) in [5.41, 5.74) is -2.02. The van der Waals surface area contributed by atoms with Gasteiger partial charge in [0.05, 0.1) is 11.6 Å². The van der Waals surface area contributed by atoms with Gasteiger partial charge in [0.25, 0.3) is 5.56 Å². The van der Waals surface area contributed by atoms with Crippen molar-refractivity contribution in [3.63, 3.8) is 0 Å². The Morgan fingerprint density at radius 2 is 1.83 bits per heavy atom. The lowest BCUT2D eigenvalue weighted by Gasteiger charge is -2.11. The summed E-state index contributed by atoms with van der Waals surface area (Å²) in [4.78, 5) is 11.3. The molecule has 130 valence electrons. The predicted molar refractivity (Wildman–Crippen MR) is 80.1 cm³/mol. The fourth-order valence-corrected chi connectivity index (χ4v) is 3.33. The first-order valence-corrected chi connectivity index (χ1v) is 8.37. The Bertz CT molecular complexity index is 897. The number of hydrogen-bond acceptors (Lipinski definition) is 4. The third-order valence-electron chi connectivity index (χ3n) is 2.90. The number of sulfonamides is 1. The van der Waals surface area contributed by atoms with E-state index < -0.39 is 27.5 Å². The minimum absolute atomic E-state index is 0.000592. The van der Waals surface area contributed by atoms with E-state index in [2.05, 4.69) is 9.82 Å². The summed E-state index contributed by atoms with van der Waals surface area (Å²) < 4.78 is 64.6. The molecule has 1 aromatic carbocycles. The highest BCUT2D eigenvalue weighted by Crippen LogP contribution is 2.26. The lowest BCUT2D eigenvalue weighted by Crippen LogP contribution is -2.33. The fourth-order valence-electron chi connectivity index (χ4n) is 1.79. The average molecular weight is 382 g/mol. The fraction of sp³-hybridized carbons (Fsp3) is 0.231. The smallest absolute Gasteiger partial charge is 0.268 e. The summed E-state index contributed by atoms with van der Waals surface area (Å²) in [5, 5.41) is 3.17. The van der Waals surface area contributed by atoms with Gasteiger partial charge in [-0.3, -0.25) is 4.79 Å². The molecule has 0 spiro atoms. The van der Waals surface area contributed by atoms with Crippen LogP contribution in [0.2, 0.25) is 5.02 Å². The van der Waals surface area contributed by atoms with Crippen LogP contribution in [-0.4, -0.2) is 24.7 Å². The van der Waals surface area contributed by atoms with Gasteiger partial charge in [-0.1, -0.05) is 23.7 Å². The number of hydrogen-bond donors (Lipinski definition) is 1. The van der Waals surface area contributed by atoms with Gasteiger partial charge in [0.15, 0.2) is 5.69 Å². The van der Waals surface area contributed by atoms with Gasteiger partial charge >= 0.3 is 6.18 Å². The highest BCUT2D eigenvalue weighted by atomic mass is 35.5. The Labute approximate surface area is 139 Å². The highest BCUT2D eigenvalue weighted by molar-refractivity contribution is 7.89. The zero-order chi connectivity index (χ0) is 18.0. The monoisotopic (exact) mass is 381 g/mol. The second-order valence-corrected chi connectivity index (χ2v) is 6.75. The van der Waals surface area contributed by atoms with Gasteiger partial charge in [0.1, 0.15) is 4.90 Å². The lowest BCUT2D eigenvalue weighted by molar-refractivity contribution is -0.142. The van der Waals surface area contributed by atoms with E-state index in [4.69, 9.17) is 11.6 Å². The molecule has 0 atom stereocenters. The molecule has 0 aliphatic rings. The predicted octanol–water partition coefficient (Wildman–Crippen LogP) is 1.89. The van der Waals surface area contributed by atoms with E-state index in [0.717, 1.165) is 6.07 Å². The number of nitrogens with one attached hydrogen (secondary N) is 1. The van der Waals surface area contributed by atoms with Crippen LogP contribution in [0.1, 0.15) is 5.69 Å². The van der Waals surface area contributed by atoms with Crippen molar-refractivity contribution in [3.8, 4) is 0 Å². The number of aromatic nitrogens is 2. The summed E-state index contributed by atoms with van der Waals surface area (Å²) >= 11 is 5.79. The SMILES string of the molecule is O=c1ccc(C(F)(F)F)nn1CCNS(=O)(=O)c1ccccc1Cl. The van der Waals surface area contributed by atoms with E-state index in [9.17, 15) is 26.4 Å². The van der Waals surface area contributed by atoms with E-state index >= 15 is 0 Å². The quantitative estimate of drug-likeness (QED) is 0.857. The Morgan fingerprint density at radius 1 is 1.17 bits per heavy atom. The molecule has 1 heterocycles. The standard InChI is InChI=1S/C13H11ClF3N3O3S/c14-9-3-1-2-4-10(9)24(22,23)18-7-8-20-12(21)6-5-11(19-20)13(15,16)17/h1-6,18H,7-8H2. The molecule has 1 aromatic heterocycles. The first-order valence-electron chi connectivity index (χ1n) is 6.51. The van der Waals surface area contributed by atoms with Crippen molar-refractivity contribution in [2.75, 3.05) is 6.54 Å². The summed E-state index contributed by atoms with van der Waals surface area (Å²) in [6, 6.07) is 6.96. The van der Waals surface area contributed by atoms with Gasteiger partial charge in [-0.15, -0.1) is 0 Å². The molecule has 1 N–H and O–H groups in total. The molecule has 2 aromatic rings. The van der Waals surface area contributed by atoms with Crippen LogP contribution < -0.4 is 10.3 Å². The first kappa shape index (κ1) is 18.4. The number of alkyl halides is 3. The van der Waals surface area contributed by atoms with Crippen LogP contribution >= 0.6 is 11.6 Å². The minimum Gasteiger partial charge on any atom is -0.268 e. The number of rotatable bonds is 5. The summed E-state index contributed by atoms with van der Waals surface area (Å²) in [6.45, 7) is -0.700. The molecule has 0 radical (unpaired) electrons. The molecule has 6 nitrogen and oxygen atoms in total. The topological polar surface area (TPSA) is 81.1 Å². The van der Waals surface area contributed by atoms with Crippen molar-refractivity contribution in [3.05, 3.63) is 57.5 Å². The van der Waals surface area contributed by atoms with E-state index in [0.29, 0.717) is 10.7 Å². The summed E-state index contributed by atoms with van der Waals surface area (Å²) in [6.07, 6.45) is -4.70. The third kappa shape index (κ3) is 4.34. The second kappa shape index (κ2) is 6.91. The van der Waals surface area contributed by atoms with Crippen LogP contribution in [0.5, 0.6) is 0 Å². The zero-order valence-electron chi connectivity index (χ0n) is 11.9. The van der Waals surface area contributed by atoms with Crippen LogP contribution in [-0.2, 0) is 22.7 Å². The van der Waals surface area contributed by atoms with Crippen LogP contribution in [0.3, 0.4) is 0 Å². The van der Waals surface area contributed by atoms with Crippen molar-refractivity contribution >= 4 is 21.6 Å². The molecule has 0 saturated heterocycles. The molecule has 0 amide bonds. The molecule has 0 aliphatic carbocycles. The first-order chi connectivity index (χ1) is 11.1. The molecule has 0 saturated carbocycles. The lowest BCUT2D eigenvalue weighted by atomic mass is 10.4. The maximum absolute atomic E-state index is 12.6. The van der Waals surface area contributed by atoms with Gasteiger partial charge in [-0.05, 0) is 18.2 Å². The van der Waals surface area contributed by atoms with Gasteiger partial charge in [0.2, 0.25) is 10.0 Å². The summed E-state index contributed by atoms with van der Waals surface area (Å²) in [7, 11) is -3.96. The van der Waals surface area contributed by atoms with E-state index in [1.54, 1.807) is 6.07 Å². The molecular formula is C13H11ClF3N3O3S. The van der Waals surface area contributed by atoms with Crippen molar-refractivity contribution in [2.45, 2.75) is 17.6 Å². The van der Waals surface area contributed by atoms with E-state index in [1.807, 2.05) is 0 Å². The van der Waals surface area contributed by atoms with E-state index in [1.165, 1.54) is 18.2 Å². The Hall–Kier alpha value is -1.91. The van der Waals surface area contributed by atoms with Crippen molar-refractivity contribution in [1.82, 2.24) is 14.5 Å². The normalized spacial score (nSPS) is 12.3. The second-order valence-electron chi connectivity index (χ2n) is 4.61. The molecule has 2 rings (SSSR count). The molecule has 0 fully saturated rings. The third-order valence-corrected chi connectivity index (χ3v) is 4.86. The highest BCUT2D eigenvalue weighted by Gasteiger charge is 2.33. The van der Waals surface area contributed by atoms with Crippen LogP contribution in [0.25, 0.3) is 0 Å². The largest absolute Gasteiger partial charge is 0.435 e. The van der Waals surface area contributed by atoms with E-state index in [-0.39, 0.29) is 23.0 Å². The zero-order valence-corrected chi connectivity index (χ0v) is 13.5. The van der Waals surface area contributed by atoms with Gasteiger partial charge in [-0.2, -0.15) is 18.3 Å². The van der Waals surface area contributed by atoms with Crippen molar-refractivity contribution < 1.29 is 21.6 Å². The molecule has 0 unspecified atom stereocenters. The van der Waals surface area contributed by atoms with Gasteiger partial charge in [0, 0.05) is 12.6 Å². The van der Waals surface area contributed by atoms with Crippen molar-refractivity contribution in [2.24, 2.45) is 0 Å². The Balaban J connectivity index is 2.12. The van der Waals surface area contributed by atoms with Crippen LogP contribution in [0.4, 0.5) is 13.2 Å². The van der Waals surface area contributed by atoms with Crippen LogP contribution in [0, 0.1) is 0 Å². The Morgan fingerprint density at radius 3 is 2.46 bits per heavy atom. The molecular weight excluding hydrogens is 371 g/mol. The van der Waals surface area contributed by atoms with Crippen molar-refractivity contribution in [1.29, 1.82) is 0 Å².